The summed E-state index contributed by atoms with van der Waals surface area (Å²) < 4.78 is 2.72. The quantitative estimate of drug-likeness (QED) is 0.370. The van der Waals surface area contributed by atoms with Gasteiger partial charge in [-0.1, -0.05) is 11.6 Å². The van der Waals surface area contributed by atoms with Crippen molar-refractivity contribution in [3.05, 3.63) is 45.4 Å². The normalized spacial score (nSPS) is 12.6. The van der Waals surface area contributed by atoms with Crippen LogP contribution in [0.1, 0.15) is 16.7 Å². The monoisotopic (exact) mass is 454 g/mol. The molecule has 0 aliphatic carbocycles. The van der Waals surface area contributed by atoms with Gasteiger partial charge in [-0.3, -0.25) is 4.99 Å². The molecule has 0 aromatic carbocycles. The molecule has 0 spiro atoms. The molecule has 8 heteroatoms. The summed E-state index contributed by atoms with van der Waals surface area (Å²) in [7, 11) is 3.70. The first kappa shape index (κ1) is 19.3. The number of aliphatic imine (C=N–C) groups is 1. The molecule has 2 aromatic heterocycles. The van der Waals surface area contributed by atoms with Crippen LogP contribution in [-0.4, -0.2) is 29.2 Å². The Balaban J connectivity index is 0.00000242. The van der Waals surface area contributed by atoms with Gasteiger partial charge in [0, 0.05) is 37.4 Å². The molecule has 2 aromatic rings. The van der Waals surface area contributed by atoms with Crippen LogP contribution in [0.15, 0.2) is 35.5 Å². The molecular weight excluding hydrogens is 435 g/mol. The summed E-state index contributed by atoms with van der Waals surface area (Å²) in [5, 5.41) is 16.4. The number of thiophene rings is 1. The molecule has 0 aliphatic heterocycles. The van der Waals surface area contributed by atoms with Crippen LogP contribution >= 0.6 is 46.9 Å². The Labute approximate surface area is 156 Å². The van der Waals surface area contributed by atoms with Crippen LogP contribution < -0.4 is 10.6 Å². The summed E-state index contributed by atoms with van der Waals surface area (Å²) >= 11 is 7.24. The predicted octanol–water partition coefficient (Wildman–Crippen LogP) is 2.76. The van der Waals surface area contributed by atoms with E-state index in [2.05, 4.69) is 15.6 Å². The van der Waals surface area contributed by atoms with E-state index in [-0.39, 0.29) is 24.0 Å². The summed E-state index contributed by atoms with van der Waals surface area (Å²) in [6.07, 6.45) is 1.40. The zero-order valence-electron chi connectivity index (χ0n) is 12.4. The van der Waals surface area contributed by atoms with Gasteiger partial charge in [-0.25, -0.2) is 0 Å². The summed E-state index contributed by atoms with van der Waals surface area (Å²) in [5.41, 5.74) is 1.16. The molecule has 1 atom stereocenters. The Hall–Kier alpha value is -0.770. The highest BCUT2D eigenvalue weighted by Crippen LogP contribution is 2.26. The summed E-state index contributed by atoms with van der Waals surface area (Å²) in [4.78, 5) is 4.98. The third kappa shape index (κ3) is 5.45. The van der Waals surface area contributed by atoms with E-state index in [9.17, 15) is 5.11 Å². The fourth-order valence-electron chi connectivity index (χ4n) is 1.88. The Morgan fingerprint density at radius 3 is 2.73 bits per heavy atom. The number of guanidine groups is 1. The molecule has 0 fully saturated rings. The van der Waals surface area contributed by atoms with Crippen molar-refractivity contribution in [1.29, 1.82) is 0 Å². The fraction of sp³-hybridized carbons (Fsp3) is 0.357. The fourth-order valence-corrected chi connectivity index (χ4v) is 2.92. The molecule has 0 saturated carbocycles. The van der Waals surface area contributed by atoms with Gasteiger partial charge in [0.2, 0.25) is 0 Å². The van der Waals surface area contributed by atoms with Crippen molar-refractivity contribution in [3.63, 3.8) is 0 Å². The van der Waals surface area contributed by atoms with Gasteiger partial charge in [-0.2, -0.15) is 0 Å². The molecular formula is C14H20ClIN4OS. The number of nitrogens with one attached hydrogen (secondary N) is 2. The Bertz CT molecular complexity index is 614. The zero-order valence-corrected chi connectivity index (χ0v) is 16.3. The van der Waals surface area contributed by atoms with Crippen LogP contribution in [0.2, 0.25) is 4.34 Å². The molecule has 0 aliphatic rings. The lowest BCUT2D eigenvalue weighted by Gasteiger charge is -2.15. The summed E-state index contributed by atoms with van der Waals surface area (Å²) in [6.45, 7) is 1.05. The molecule has 5 nitrogen and oxygen atoms in total. The van der Waals surface area contributed by atoms with Gasteiger partial charge in [0.1, 0.15) is 6.10 Å². The van der Waals surface area contributed by atoms with E-state index in [0.717, 1.165) is 10.6 Å². The topological polar surface area (TPSA) is 61.6 Å². The van der Waals surface area contributed by atoms with Crippen molar-refractivity contribution in [2.45, 2.75) is 12.6 Å². The van der Waals surface area contributed by atoms with Crippen LogP contribution in [0.3, 0.4) is 0 Å². The minimum absolute atomic E-state index is 0. The van der Waals surface area contributed by atoms with Crippen LogP contribution in [0.5, 0.6) is 0 Å². The summed E-state index contributed by atoms with van der Waals surface area (Å²) in [5.74, 6) is 0.651. The number of rotatable bonds is 5. The molecule has 22 heavy (non-hydrogen) atoms. The Morgan fingerprint density at radius 1 is 1.41 bits per heavy atom. The molecule has 3 N–H and O–H groups in total. The zero-order chi connectivity index (χ0) is 15.2. The lowest BCUT2D eigenvalue weighted by Crippen LogP contribution is -2.39. The lowest BCUT2D eigenvalue weighted by molar-refractivity contribution is 0.184. The summed E-state index contributed by atoms with van der Waals surface area (Å²) in [6, 6.07) is 7.66. The number of hydrogen-bond donors (Lipinski definition) is 3. The molecule has 0 bridgehead atoms. The number of halogens is 2. The van der Waals surface area contributed by atoms with Gasteiger partial charge in [-0.15, -0.1) is 35.3 Å². The predicted molar refractivity (Wildman–Crippen MR) is 103 cm³/mol. The third-order valence-electron chi connectivity index (χ3n) is 3.10. The average Bonchev–Trinajstić information content (AvgIpc) is 3.08. The van der Waals surface area contributed by atoms with Crippen LogP contribution in [-0.2, 0) is 13.6 Å². The molecule has 2 heterocycles. The SMILES string of the molecule is CN=C(NCc1cccn1C)NCC(O)c1ccc(Cl)s1.I. The molecule has 122 valence electrons. The van der Waals surface area contributed by atoms with Crippen molar-refractivity contribution < 1.29 is 5.11 Å². The third-order valence-corrected chi connectivity index (χ3v) is 4.43. The van der Waals surface area contributed by atoms with Gasteiger partial charge < -0.3 is 20.3 Å². The van der Waals surface area contributed by atoms with Gasteiger partial charge in [0.15, 0.2) is 5.96 Å². The van der Waals surface area contributed by atoms with Crippen LogP contribution in [0.4, 0.5) is 0 Å². The van der Waals surface area contributed by atoms with Gasteiger partial charge in [-0.05, 0) is 24.3 Å². The van der Waals surface area contributed by atoms with Crippen molar-refractivity contribution in [2.75, 3.05) is 13.6 Å². The molecule has 2 rings (SSSR count). The molecule has 0 saturated heterocycles. The second-order valence-corrected chi connectivity index (χ2v) is 6.32. The highest BCUT2D eigenvalue weighted by molar-refractivity contribution is 14.0. The number of hydrogen-bond acceptors (Lipinski definition) is 3. The standard InChI is InChI=1S/C14H19ClN4OS.HI/c1-16-14(17-8-10-4-3-7-19(10)2)18-9-11(20)12-5-6-13(15)21-12;/h3-7,11,20H,8-9H2,1-2H3,(H2,16,17,18);1H. The Kier molecular flexibility index (Phi) is 8.23. The lowest BCUT2D eigenvalue weighted by atomic mass is 10.3. The van der Waals surface area contributed by atoms with Gasteiger partial charge in [0.25, 0.3) is 0 Å². The highest BCUT2D eigenvalue weighted by Gasteiger charge is 2.11. The van der Waals surface area contributed by atoms with Crippen LogP contribution in [0, 0.1) is 0 Å². The van der Waals surface area contributed by atoms with E-state index in [1.165, 1.54) is 11.3 Å². The first-order valence-corrected chi connectivity index (χ1v) is 7.77. The maximum Gasteiger partial charge on any atom is 0.191 e. The number of aromatic nitrogens is 1. The van der Waals surface area contributed by atoms with E-state index >= 15 is 0 Å². The number of aliphatic hydroxyl groups excluding tert-OH is 1. The highest BCUT2D eigenvalue weighted by atomic mass is 127. The van der Waals surface area contributed by atoms with Gasteiger partial charge >= 0.3 is 0 Å². The van der Waals surface area contributed by atoms with E-state index in [1.54, 1.807) is 13.1 Å². The van der Waals surface area contributed by atoms with E-state index in [1.807, 2.05) is 36.0 Å². The largest absolute Gasteiger partial charge is 0.386 e. The van der Waals surface area contributed by atoms with Crippen molar-refractivity contribution in [1.82, 2.24) is 15.2 Å². The number of aliphatic hydroxyl groups is 1. The second-order valence-electron chi connectivity index (χ2n) is 4.57. The van der Waals surface area contributed by atoms with E-state index < -0.39 is 6.10 Å². The van der Waals surface area contributed by atoms with Crippen molar-refractivity contribution in [2.24, 2.45) is 12.0 Å². The number of aryl methyl sites for hydroxylation is 1. The van der Waals surface area contributed by atoms with Crippen LogP contribution in [0.25, 0.3) is 0 Å². The minimum atomic E-state index is -0.601. The first-order valence-electron chi connectivity index (χ1n) is 6.58. The van der Waals surface area contributed by atoms with Gasteiger partial charge in [0.05, 0.1) is 10.9 Å². The van der Waals surface area contributed by atoms with Crippen molar-refractivity contribution in [3.8, 4) is 0 Å². The van der Waals surface area contributed by atoms with Crippen molar-refractivity contribution >= 4 is 52.9 Å². The average molecular weight is 455 g/mol. The minimum Gasteiger partial charge on any atom is -0.386 e. The Morgan fingerprint density at radius 2 is 2.18 bits per heavy atom. The molecule has 0 radical (unpaired) electrons. The number of nitrogens with zero attached hydrogens (tertiary/aromatic N) is 2. The maximum absolute atomic E-state index is 10.1. The van der Waals surface area contributed by atoms with E-state index in [4.69, 9.17) is 11.6 Å². The smallest absolute Gasteiger partial charge is 0.191 e. The molecule has 1 unspecified atom stereocenters. The first-order chi connectivity index (χ1) is 10.1. The second kappa shape index (κ2) is 9.39. The van der Waals surface area contributed by atoms with E-state index in [0.29, 0.717) is 23.4 Å². The maximum atomic E-state index is 10.1. The molecule has 0 amide bonds.